The zero-order valence-electron chi connectivity index (χ0n) is 23.7. The lowest BCUT2D eigenvalue weighted by Gasteiger charge is -2.32. The topological polar surface area (TPSA) is 95.6 Å². The van der Waals surface area contributed by atoms with E-state index in [0.29, 0.717) is 43.1 Å². The van der Waals surface area contributed by atoms with Gasteiger partial charge >= 0.3 is 12.4 Å². The average Bonchev–Trinajstić information content (AvgIpc) is 2.97. The van der Waals surface area contributed by atoms with Crippen molar-refractivity contribution in [1.82, 2.24) is 15.2 Å². The maximum absolute atomic E-state index is 12.8. The highest BCUT2D eigenvalue weighted by atomic mass is 35.5. The summed E-state index contributed by atoms with van der Waals surface area (Å²) in [7, 11) is 0. The minimum atomic E-state index is -4.77. The molecule has 2 heterocycles. The summed E-state index contributed by atoms with van der Waals surface area (Å²) in [5.41, 5.74) is 4.86. The number of hydrogen-bond acceptors (Lipinski definition) is 5. The molecule has 12 heteroatoms. The van der Waals surface area contributed by atoms with Gasteiger partial charge in [-0.2, -0.15) is 0 Å². The highest BCUT2D eigenvalue weighted by Crippen LogP contribution is 2.34. The maximum atomic E-state index is 12.8. The van der Waals surface area contributed by atoms with Crippen LogP contribution in [0.15, 0.2) is 42.5 Å². The number of halogens is 4. The summed E-state index contributed by atoms with van der Waals surface area (Å²) in [6.07, 6.45) is 2.90. The number of ether oxygens (including phenoxy) is 1. The van der Waals surface area contributed by atoms with Crippen LogP contribution in [0.25, 0.3) is 10.9 Å². The van der Waals surface area contributed by atoms with Gasteiger partial charge in [-0.05, 0) is 99.4 Å². The monoisotopic (exact) mass is 617 g/mol. The predicted molar refractivity (Wildman–Crippen MR) is 161 cm³/mol. The number of alkyl halides is 3. The van der Waals surface area contributed by atoms with Gasteiger partial charge in [0.1, 0.15) is 5.75 Å². The third-order valence-corrected chi connectivity index (χ3v) is 8.11. The van der Waals surface area contributed by atoms with E-state index < -0.39 is 12.4 Å². The molecule has 3 N–H and O–H groups in total. The molecular formula is C31H35ClF3N5O3. The van der Waals surface area contributed by atoms with Crippen molar-refractivity contribution in [3.63, 3.8) is 0 Å². The Balaban J connectivity index is 1.02. The van der Waals surface area contributed by atoms with Gasteiger partial charge in [0.2, 0.25) is 5.91 Å². The fourth-order valence-corrected chi connectivity index (χ4v) is 5.91. The van der Waals surface area contributed by atoms with E-state index in [-0.39, 0.29) is 17.7 Å². The van der Waals surface area contributed by atoms with Crippen LogP contribution in [0.4, 0.5) is 29.3 Å². The molecule has 0 bridgehead atoms. The summed E-state index contributed by atoms with van der Waals surface area (Å²) in [4.78, 5) is 31.9. The Morgan fingerprint density at radius 2 is 1.77 bits per heavy atom. The molecule has 1 saturated heterocycles. The second-order valence-corrected chi connectivity index (χ2v) is 11.4. The molecule has 1 aliphatic heterocycles. The van der Waals surface area contributed by atoms with Gasteiger partial charge < -0.3 is 25.6 Å². The van der Waals surface area contributed by atoms with E-state index in [1.165, 1.54) is 17.7 Å². The lowest BCUT2D eigenvalue weighted by atomic mass is 9.92. The molecule has 3 amide bonds. The van der Waals surface area contributed by atoms with Gasteiger partial charge in [0.05, 0.1) is 5.52 Å². The summed E-state index contributed by atoms with van der Waals surface area (Å²) in [6, 6.07) is 10.2. The predicted octanol–water partition coefficient (Wildman–Crippen LogP) is 7.06. The second kappa shape index (κ2) is 13.7. The van der Waals surface area contributed by atoms with Crippen molar-refractivity contribution in [2.45, 2.75) is 70.2 Å². The highest BCUT2D eigenvalue weighted by molar-refractivity contribution is 6.31. The van der Waals surface area contributed by atoms with E-state index >= 15 is 0 Å². The molecule has 5 rings (SSSR count). The number of fused-ring (bicyclic) bond motifs is 2. The van der Waals surface area contributed by atoms with Crippen LogP contribution in [0.2, 0.25) is 5.02 Å². The number of likely N-dealkylation sites (tertiary alicyclic amines) is 1. The number of urea groups is 1. The number of nitrogens with zero attached hydrogens (tertiary/aromatic N) is 2. The van der Waals surface area contributed by atoms with E-state index in [2.05, 4.69) is 20.7 Å². The van der Waals surface area contributed by atoms with E-state index in [9.17, 15) is 22.8 Å². The first-order chi connectivity index (χ1) is 20.6. The van der Waals surface area contributed by atoms with Gasteiger partial charge in [-0.3, -0.25) is 9.78 Å². The highest BCUT2D eigenvalue weighted by Gasteiger charge is 2.31. The van der Waals surface area contributed by atoms with Crippen molar-refractivity contribution in [2.75, 3.05) is 30.3 Å². The van der Waals surface area contributed by atoms with E-state index in [1.807, 2.05) is 23.1 Å². The molecular weight excluding hydrogens is 583 g/mol. The smallest absolute Gasteiger partial charge is 0.406 e. The number of aromatic nitrogens is 1. The number of benzene rings is 2. The van der Waals surface area contributed by atoms with E-state index in [4.69, 9.17) is 16.6 Å². The first kappa shape index (κ1) is 30.7. The second-order valence-electron chi connectivity index (χ2n) is 11.0. The number of pyridine rings is 1. The average molecular weight is 618 g/mol. The van der Waals surface area contributed by atoms with Crippen molar-refractivity contribution in [1.29, 1.82) is 0 Å². The molecule has 230 valence electrons. The fraction of sp³-hybridized carbons (Fsp3) is 0.452. The number of amides is 3. The fourth-order valence-electron chi connectivity index (χ4n) is 5.74. The van der Waals surface area contributed by atoms with Gasteiger partial charge in [0.15, 0.2) is 0 Å². The third kappa shape index (κ3) is 8.43. The molecule has 0 saturated carbocycles. The first-order valence-corrected chi connectivity index (χ1v) is 15.1. The Hall–Kier alpha value is -3.73. The lowest BCUT2D eigenvalue weighted by molar-refractivity contribution is -0.274. The molecule has 43 heavy (non-hydrogen) atoms. The van der Waals surface area contributed by atoms with Crippen molar-refractivity contribution in [2.24, 2.45) is 0 Å². The third-order valence-electron chi connectivity index (χ3n) is 7.87. The SMILES string of the molecule is O=C(Nc1ccc(OC(F)(F)F)cc1)NC1CCN(C(=O)CCCCNc2c3c(nc4cc(Cl)ccc24)CCCC3)CC1. The minimum Gasteiger partial charge on any atom is -0.406 e. The Morgan fingerprint density at radius 3 is 2.51 bits per heavy atom. The molecule has 1 aliphatic carbocycles. The zero-order valence-corrected chi connectivity index (χ0v) is 24.5. The molecule has 2 aliphatic rings. The summed E-state index contributed by atoms with van der Waals surface area (Å²) in [5.74, 6) is -0.246. The molecule has 1 aromatic heterocycles. The summed E-state index contributed by atoms with van der Waals surface area (Å²) in [5, 5.41) is 10.9. The van der Waals surface area contributed by atoms with Crippen molar-refractivity contribution < 1.29 is 27.5 Å². The standard InChI is InChI=1S/C31H35ClF3N5O3/c32-20-8-13-25-27(19-20)39-26-6-2-1-5-24(26)29(25)36-16-4-3-7-28(41)40-17-14-22(15-18-40)38-30(42)37-21-9-11-23(12-10-21)43-31(33,34)35/h8-13,19,22H,1-7,14-18H2,(H,36,39)(H2,37,38,42). The van der Waals surface area contributed by atoms with Gasteiger partial charge in [-0.15, -0.1) is 13.2 Å². The summed E-state index contributed by atoms with van der Waals surface area (Å²) < 4.78 is 40.8. The molecule has 1 fully saturated rings. The number of anilines is 2. The number of unbranched alkanes of at least 4 members (excludes halogenated alkanes) is 1. The number of carbonyl (C=O) groups is 2. The van der Waals surface area contributed by atoms with E-state index in [0.717, 1.165) is 79.5 Å². The molecule has 3 aromatic rings. The first-order valence-electron chi connectivity index (χ1n) is 14.7. The zero-order chi connectivity index (χ0) is 30.4. The molecule has 2 aromatic carbocycles. The van der Waals surface area contributed by atoms with Gasteiger partial charge in [-0.1, -0.05) is 11.6 Å². The Morgan fingerprint density at radius 1 is 1.02 bits per heavy atom. The van der Waals surface area contributed by atoms with Crippen LogP contribution in [-0.2, 0) is 17.6 Å². The Labute approximate surface area is 253 Å². The van der Waals surface area contributed by atoms with Crippen molar-refractivity contribution >= 4 is 45.8 Å². The quantitative estimate of drug-likeness (QED) is 0.224. The largest absolute Gasteiger partial charge is 0.573 e. The Kier molecular flexibility index (Phi) is 9.79. The normalized spacial score (nSPS) is 15.6. The van der Waals surface area contributed by atoms with Crippen LogP contribution < -0.4 is 20.7 Å². The Bertz CT molecular complexity index is 1440. The van der Waals surface area contributed by atoms with Crippen molar-refractivity contribution in [3.05, 3.63) is 58.7 Å². The number of carbonyl (C=O) groups excluding carboxylic acids is 2. The van der Waals surface area contributed by atoms with Crippen LogP contribution in [0.3, 0.4) is 0 Å². The number of hydrogen-bond donors (Lipinski definition) is 3. The molecule has 0 spiro atoms. The van der Waals surface area contributed by atoms with Crippen LogP contribution in [-0.4, -0.2) is 53.9 Å². The number of piperidine rings is 1. The maximum Gasteiger partial charge on any atom is 0.573 e. The molecule has 0 radical (unpaired) electrons. The van der Waals surface area contributed by atoms with Crippen LogP contribution in [0.1, 0.15) is 56.2 Å². The van der Waals surface area contributed by atoms with E-state index in [1.54, 1.807) is 0 Å². The van der Waals surface area contributed by atoms with Gasteiger partial charge in [-0.25, -0.2) is 4.79 Å². The molecule has 0 atom stereocenters. The lowest BCUT2D eigenvalue weighted by Crippen LogP contribution is -2.47. The number of aryl methyl sites for hydroxylation is 1. The minimum absolute atomic E-state index is 0.0999. The molecule has 8 nitrogen and oxygen atoms in total. The van der Waals surface area contributed by atoms with Crippen molar-refractivity contribution in [3.8, 4) is 5.75 Å². The van der Waals surface area contributed by atoms with Crippen LogP contribution >= 0.6 is 11.6 Å². The summed E-state index contributed by atoms with van der Waals surface area (Å²) in [6.45, 7) is 1.88. The number of rotatable bonds is 9. The van der Waals surface area contributed by atoms with Gasteiger partial charge in [0, 0.05) is 59.6 Å². The summed E-state index contributed by atoms with van der Waals surface area (Å²) >= 11 is 6.22. The van der Waals surface area contributed by atoms with Crippen LogP contribution in [0, 0.1) is 0 Å². The number of nitrogens with one attached hydrogen (secondary N) is 3. The van der Waals surface area contributed by atoms with Gasteiger partial charge in [0.25, 0.3) is 0 Å². The molecule has 0 unspecified atom stereocenters. The van der Waals surface area contributed by atoms with Crippen LogP contribution in [0.5, 0.6) is 5.75 Å².